The quantitative estimate of drug-likeness (QED) is 0.251. The Morgan fingerprint density at radius 3 is 1.30 bits per heavy atom. The molecule has 20 heavy (non-hydrogen) atoms. The van der Waals surface area contributed by atoms with Crippen LogP contribution in [0.15, 0.2) is 48.5 Å². The van der Waals surface area contributed by atoms with Gasteiger partial charge in [-0.2, -0.15) is 0 Å². The van der Waals surface area contributed by atoms with E-state index in [2.05, 4.69) is 4.89 Å². The van der Waals surface area contributed by atoms with Crippen molar-refractivity contribution in [3.05, 3.63) is 48.5 Å². The van der Waals surface area contributed by atoms with E-state index in [0.717, 1.165) is 11.1 Å². The van der Waals surface area contributed by atoms with Gasteiger partial charge in [0.15, 0.2) is 0 Å². The molecule has 0 aliphatic heterocycles. The minimum Gasteiger partial charge on any atom is -1.00 e. The van der Waals surface area contributed by atoms with Gasteiger partial charge in [-0.1, -0.05) is 24.3 Å². The Bertz CT molecular complexity index is 447. The predicted octanol–water partition coefficient (Wildman–Crippen LogP) is -4.68. The Morgan fingerprint density at radius 2 is 1.10 bits per heavy atom. The fraction of sp³-hybridized carbons (Fsp3) is 0. The number of phenols is 2. The van der Waals surface area contributed by atoms with E-state index in [0.29, 0.717) is 0 Å². The summed E-state index contributed by atoms with van der Waals surface area (Å²) < 4.78 is 0. The molecule has 0 heterocycles. The van der Waals surface area contributed by atoms with Crippen LogP contribution in [0.3, 0.4) is 0 Å². The Kier molecular flexibility index (Phi) is 15.4. The molecule has 5 nitrogen and oxygen atoms in total. The van der Waals surface area contributed by atoms with Gasteiger partial charge in [-0.05, 0) is 35.4 Å². The number of hydrogen-bond donors (Lipinski definition) is 2. The molecule has 0 amide bonds. The predicted molar refractivity (Wildman–Crippen MR) is 63.5 cm³/mol. The van der Waals surface area contributed by atoms with E-state index < -0.39 is 0 Å². The zero-order valence-corrected chi connectivity index (χ0v) is 17.6. The van der Waals surface area contributed by atoms with E-state index in [1.807, 2.05) is 24.3 Å². The van der Waals surface area contributed by atoms with Gasteiger partial charge in [0, 0.05) is 0 Å². The van der Waals surface area contributed by atoms with Crippen LogP contribution < -0.4 is 108 Å². The van der Waals surface area contributed by atoms with Gasteiger partial charge in [-0.25, -0.2) is 0 Å². The van der Waals surface area contributed by atoms with E-state index in [9.17, 15) is 0 Å². The van der Waals surface area contributed by atoms with Gasteiger partial charge in [0.25, 0.3) is 6.47 Å². The number of hydrogen-bond acceptors (Lipinski definition) is 5. The summed E-state index contributed by atoms with van der Waals surface area (Å²) in [4.78, 5) is 11.2. The summed E-state index contributed by atoms with van der Waals surface area (Å²) in [6, 6.07) is 13.9. The summed E-state index contributed by atoms with van der Waals surface area (Å²) in [6.45, 7) is -0.181. The number of rotatable bonds is 2. The molecule has 0 aliphatic carbocycles. The van der Waals surface area contributed by atoms with Crippen molar-refractivity contribution in [3.63, 3.8) is 0 Å². The van der Waals surface area contributed by atoms with Crippen LogP contribution in [0.1, 0.15) is 1.43 Å². The summed E-state index contributed by atoms with van der Waals surface area (Å²) in [5.41, 5.74) is 2.03. The molecule has 2 N–H and O–H groups in total. The van der Waals surface area contributed by atoms with Crippen molar-refractivity contribution >= 4 is 6.47 Å². The first-order valence-corrected chi connectivity index (χ1v) is 4.98. The molecule has 0 spiro atoms. The van der Waals surface area contributed by atoms with Gasteiger partial charge in [-0.15, -0.1) is 0 Å². The zero-order valence-electron chi connectivity index (χ0n) is 12.3. The van der Waals surface area contributed by atoms with Crippen LogP contribution in [0.4, 0.5) is 0 Å². The third-order valence-corrected chi connectivity index (χ3v) is 2.11. The van der Waals surface area contributed by atoms with Crippen molar-refractivity contribution in [1.82, 2.24) is 0 Å². The first-order valence-electron chi connectivity index (χ1n) is 4.98. The van der Waals surface area contributed by atoms with Crippen LogP contribution in [0.5, 0.6) is 11.5 Å². The summed E-state index contributed by atoms with van der Waals surface area (Å²) >= 11 is 0. The maximum absolute atomic E-state index is 9.11. The molecule has 2 rings (SSSR count). The van der Waals surface area contributed by atoms with Crippen molar-refractivity contribution in [2.75, 3.05) is 0 Å². The van der Waals surface area contributed by atoms with Crippen LogP contribution in [0.2, 0.25) is 0 Å². The van der Waals surface area contributed by atoms with Gasteiger partial charge in [0.05, 0.1) is 0 Å². The zero-order chi connectivity index (χ0) is 13.4. The normalized spacial score (nSPS) is 8.05. The van der Waals surface area contributed by atoms with E-state index in [1.165, 1.54) is 0 Å². The van der Waals surface area contributed by atoms with Crippen LogP contribution in [0.25, 0.3) is 11.1 Å². The molecule has 0 unspecified atom stereocenters. The van der Waals surface area contributed by atoms with E-state index in [-0.39, 0.29) is 122 Å². The van der Waals surface area contributed by atoms with Crippen molar-refractivity contribution in [3.8, 4) is 22.6 Å². The Hall–Kier alpha value is 0.743. The molecule has 0 bridgehead atoms. The number of carbonyl (C=O) groups is 1. The smallest absolute Gasteiger partial charge is 1.00 e. The van der Waals surface area contributed by atoms with E-state index in [1.54, 1.807) is 24.3 Å². The average Bonchev–Trinajstić information content (AvgIpc) is 2.41. The monoisotopic (exact) mass is 326 g/mol. The largest absolute Gasteiger partial charge is 1.00 e. The maximum atomic E-state index is 9.11. The fourth-order valence-electron chi connectivity index (χ4n) is 1.31. The molecule has 96 valence electrons. The molecule has 0 aliphatic rings. The second kappa shape index (κ2) is 13.4. The third-order valence-electron chi connectivity index (χ3n) is 2.11. The van der Waals surface area contributed by atoms with Crippen LogP contribution in [-0.4, -0.2) is 16.7 Å². The molecule has 0 radical (unpaired) electrons. The Balaban J connectivity index is -0.000000417. The van der Waals surface area contributed by atoms with Crippen molar-refractivity contribution < 1.29 is 129 Å². The third kappa shape index (κ3) is 8.90. The Labute approximate surface area is 203 Å². The summed E-state index contributed by atoms with van der Waals surface area (Å²) in [5, 5.41) is 26.6. The topological polar surface area (TPSA) is 89.8 Å². The number of carbonyl (C=O) groups excluding carboxylic acids is 1. The summed E-state index contributed by atoms with van der Waals surface area (Å²) in [7, 11) is 0. The number of benzene rings is 2. The standard InChI is InChI=1S/C12H10O2.CH2O3.2K.H/c13-11-5-1-9(2-6-11)10-3-7-12(14)8-4-10;2-1-4-3;;;/h1-8,13-14H;1,3H;;;/q;;2*+1;-1/p-1. The van der Waals surface area contributed by atoms with Gasteiger partial charge < -0.3 is 21.8 Å². The summed E-state index contributed by atoms with van der Waals surface area (Å²) in [5.74, 6) is 0.514. The fourth-order valence-corrected chi connectivity index (χ4v) is 1.31. The molecule has 0 saturated carbocycles. The molecule has 0 saturated heterocycles. The molecule has 0 atom stereocenters. The minimum absolute atomic E-state index is 0. The van der Waals surface area contributed by atoms with Crippen molar-refractivity contribution in [1.29, 1.82) is 0 Å². The van der Waals surface area contributed by atoms with Gasteiger partial charge in [0.1, 0.15) is 11.5 Å². The average molecular weight is 326 g/mol. The Morgan fingerprint density at radius 1 is 0.850 bits per heavy atom. The molecule has 7 heteroatoms. The van der Waals surface area contributed by atoms with Gasteiger partial charge in [0.2, 0.25) is 0 Å². The minimum atomic E-state index is -0.181. The molecule has 2 aromatic carbocycles. The van der Waals surface area contributed by atoms with E-state index >= 15 is 0 Å². The molecule has 0 aromatic heterocycles. The SMILES string of the molecule is O=CO[O-].Oc1ccc(-c2ccc(O)cc2)cc1.[H-].[K+].[K+]. The number of aromatic hydroxyl groups is 2. The molecular weight excluding hydrogens is 314 g/mol. The van der Waals surface area contributed by atoms with Crippen LogP contribution in [0, 0.1) is 0 Å². The summed E-state index contributed by atoms with van der Waals surface area (Å²) in [6.07, 6.45) is 0. The first-order chi connectivity index (χ1) is 8.67. The second-order valence-corrected chi connectivity index (χ2v) is 3.29. The maximum Gasteiger partial charge on any atom is 1.00 e. The van der Waals surface area contributed by atoms with Crippen molar-refractivity contribution in [2.24, 2.45) is 0 Å². The van der Waals surface area contributed by atoms with Gasteiger partial charge in [-0.3, -0.25) is 4.79 Å². The molecule has 0 fully saturated rings. The van der Waals surface area contributed by atoms with Crippen molar-refractivity contribution in [2.45, 2.75) is 0 Å². The van der Waals surface area contributed by atoms with Crippen LogP contribution >= 0.6 is 0 Å². The van der Waals surface area contributed by atoms with E-state index in [4.69, 9.17) is 20.3 Å². The van der Waals surface area contributed by atoms with Gasteiger partial charge >= 0.3 is 103 Å². The first kappa shape index (κ1) is 23.0. The second-order valence-electron chi connectivity index (χ2n) is 3.29. The van der Waals surface area contributed by atoms with Crippen LogP contribution in [-0.2, 0) is 9.68 Å². The number of phenolic OH excluding ortho intramolecular Hbond substituents is 2. The molecular formula is C13H12K2O5. The molecule has 2 aromatic rings.